The third-order valence-electron chi connectivity index (χ3n) is 4.87. The van der Waals surface area contributed by atoms with E-state index in [1.807, 2.05) is 0 Å². The minimum absolute atomic E-state index is 0.0532. The Morgan fingerprint density at radius 1 is 1.11 bits per heavy atom. The zero-order valence-electron chi connectivity index (χ0n) is 15.7. The van der Waals surface area contributed by atoms with E-state index in [4.69, 9.17) is 4.74 Å². The van der Waals surface area contributed by atoms with Gasteiger partial charge in [0.25, 0.3) is 5.91 Å². The second kappa shape index (κ2) is 7.98. The Labute approximate surface area is 160 Å². The van der Waals surface area contributed by atoms with Gasteiger partial charge < -0.3 is 10.1 Å². The molecule has 0 bridgehead atoms. The fourth-order valence-corrected chi connectivity index (χ4v) is 5.11. The summed E-state index contributed by atoms with van der Waals surface area (Å²) in [5.41, 5.74) is 0.460. The number of carbonyl (C=O) groups excluding carboxylic acids is 2. The number of sulfonamides is 1. The molecule has 0 unspecified atom stereocenters. The smallest absolute Gasteiger partial charge is 0.309 e. The number of rotatable bonds is 6. The minimum Gasteiger partial charge on any atom is -0.455 e. The Morgan fingerprint density at radius 3 is 2.26 bits per heavy atom. The van der Waals surface area contributed by atoms with E-state index in [-0.39, 0.29) is 23.4 Å². The third-order valence-corrected chi connectivity index (χ3v) is 6.71. The highest BCUT2D eigenvalue weighted by Gasteiger charge is 2.32. The van der Waals surface area contributed by atoms with Crippen molar-refractivity contribution in [2.45, 2.75) is 38.0 Å². The van der Waals surface area contributed by atoms with Crippen LogP contribution in [-0.2, 0) is 24.3 Å². The molecule has 0 radical (unpaired) electrons. The Morgan fingerprint density at radius 2 is 1.70 bits per heavy atom. The molecule has 0 aromatic heterocycles. The molecular weight excluding hydrogens is 368 g/mol. The summed E-state index contributed by atoms with van der Waals surface area (Å²) >= 11 is 0. The summed E-state index contributed by atoms with van der Waals surface area (Å²) in [4.78, 5) is 23.5. The fraction of sp³-hybridized carbons (Fsp3) is 0.579. The highest BCUT2D eigenvalue weighted by Crippen LogP contribution is 2.30. The maximum absolute atomic E-state index is 12.8. The molecule has 7 nitrogen and oxygen atoms in total. The maximum atomic E-state index is 12.8. The van der Waals surface area contributed by atoms with E-state index in [0.29, 0.717) is 30.6 Å². The first-order valence-electron chi connectivity index (χ1n) is 9.32. The van der Waals surface area contributed by atoms with Crippen molar-refractivity contribution < 1.29 is 22.7 Å². The van der Waals surface area contributed by atoms with Crippen molar-refractivity contribution in [3.8, 4) is 0 Å². The number of hydrogen-bond acceptors (Lipinski definition) is 5. The summed E-state index contributed by atoms with van der Waals surface area (Å²) < 4.78 is 32.1. The van der Waals surface area contributed by atoms with Gasteiger partial charge in [0.05, 0.1) is 10.8 Å². The van der Waals surface area contributed by atoms with Crippen LogP contribution < -0.4 is 5.32 Å². The van der Waals surface area contributed by atoms with Crippen LogP contribution in [0.4, 0.5) is 5.69 Å². The van der Waals surface area contributed by atoms with Crippen LogP contribution in [0.1, 0.15) is 33.1 Å². The van der Waals surface area contributed by atoms with Crippen molar-refractivity contribution in [3.63, 3.8) is 0 Å². The van der Waals surface area contributed by atoms with E-state index in [1.165, 1.54) is 16.4 Å². The van der Waals surface area contributed by atoms with Gasteiger partial charge in [0.2, 0.25) is 10.0 Å². The van der Waals surface area contributed by atoms with Gasteiger partial charge in [-0.3, -0.25) is 9.59 Å². The molecule has 0 spiro atoms. The molecule has 1 saturated carbocycles. The van der Waals surface area contributed by atoms with Gasteiger partial charge in [0, 0.05) is 18.8 Å². The molecule has 1 aliphatic carbocycles. The number of nitrogens with one attached hydrogen (secondary N) is 1. The van der Waals surface area contributed by atoms with E-state index in [1.54, 1.807) is 12.1 Å². The van der Waals surface area contributed by atoms with E-state index in [2.05, 4.69) is 19.2 Å². The largest absolute Gasteiger partial charge is 0.455 e. The lowest BCUT2D eigenvalue weighted by Crippen LogP contribution is -2.42. The number of benzene rings is 1. The molecule has 1 heterocycles. The van der Waals surface area contributed by atoms with Gasteiger partial charge >= 0.3 is 5.97 Å². The summed E-state index contributed by atoms with van der Waals surface area (Å²) in [6, 6.07) is 6.07. The molecule has 2 fully saturated rings. The number of amides is 1. The summed E-state index contributed by atoms with van der Waals surface area (Å²) in [5, 5.41) is 2.60. The number of piperidine rings is 1. The van der Waals surface area contributed by atoms with Crippen LogP contribution in [0, 0.1) is 17.8 Å². The van der Waals surface area contributed by atoms with Crippen LogP contribution in [-0.4, -0.2) is 44.3 Å². The first-order valence-corrected chi connectivity index (χ1v) is 10.8. The summed E-state index contributed by atoms with van der Waals surface area (Å²) in [6.45, 7) is 4.84. The van der Waals surface area contributed by atoms with Crippen LogP contribution in [0.15, 0.2) is 29.2 Å². The molecule has 2 atom stereocenters. The molecular formula is C19H26N2O5S. The minimum atomic E-state index is -3.55. The molecule has 1 saturated heterocycles. The average Bonchev–Trinajstić information content (AvgIpc) is 3.44. The molecule has 3 rings (SSSR count). The van der Waals surface area contributed by atoms with Gasteiger partial charge in [0.15, 0.2) is 6.61 Å². The van der Waals surface area contributed by atoms with E-state index in [0.717, 1.165) is 19.3 Å². The lowest BCUT2D eigenvalue weighted by atomic mass is 9.94. The molecule has 1 amide bonds. The first kappa shape index (κ1) is 19.8. The fourth-order valence-electron chi connectivity index (χ4n) is 3.43. The Balaban J connectivity index is 1.58. The van der Waals surface area contributed by atoms with Gasteiger partial charge in [-0.25, -0.2) is 8.42 Å². The van der Waals surface area contributed by atoms with Crippen LogP contribution in [0.5, 0.6) is 0 Å². The van der Waals surface area contributed by atoms with Crippen molar-refractivity contribution in [2.24, 2.45) is 17.8 Å². The Kier molecular flexibility index (Phi) is 5.86. The first-order chi connectivity index (χ1) is 12.8. The summed E-state index contributed by atoms with van der Waals surface area (Å²) in [5.74, 6) is -0.168. The second-order valence-electron chi connectivity index (χ2n) is 7.72. The average molecular weight is 394 g/mol. The molecule has 1 aliphatic heterocycles. The third kappa shape index (κ3) is 5.07. The summed E-state index contributed by atoms with van der Waals surface area (Å²) in [6.07, 6.45) is 2.68. The molecule has 1 N–H and O–H groups in total. The molecule has 1 aromatic carbocycles. The number of esters is 1. The topological polar surface area (TPSA) is 92.8 Å². The van der Waals surface area contributed by atoms with Crippen LogP contribution in [0.3, 0.4) is 0 Å². The monoisotopic (exact) mass is 394 g/mol. The van der Waals surface area contributed by atoms with Crippen LogP contribution >= 0.6 is 0 Å². The SMILES string of the molecule is C[C@H]1C[C@H](C)CN(S(=O)(=O)c2ccc(NC(=O)COC(=O)C3CC3)cc2)C1. The summed E-state index contributed by atoms with van der Waals surface area (Å²) in [7, 11) is -3.55. The number of nitrogens with zero attached hydrogens (tertiary/aromatic N) is 1. The number of hydrogen-bond donors (Lipinski definition) is 1. The van der Waals surface area contributed by atoms with Gasteiger partial charge in [-0.1, -0.05) is 13.8 Å². The maximum Gasteiger partial charge on any atom is 0.309 e. The van der Waals surface area contributed by atoms with Crippen molar-refractivity contribution >= 4 is 27.6 Å². The van der Waals surface area contributed by atoms with Crippen LogP contribution in [0.25, 0.3) is 0 Å². The quantitative estimate of drug-likeness (QED) is 0.747. The van der Waals surface area contributed by atoms with Gasteiger partial charge in [-0.2, -0.15) is 4.31 Å². The lowest BCUT2D eigenvalue weighted by molar-refractivity contribution is -0.148. The Hall–Kier alpha value is -1.93. The number of anilines is 1. The van der Waals surface area contributed by atoms with E-state index < -0.39 is 15.9 Å². The molecule has 27 heavy (non-hydrogen) atoms. The number of ether oxygens (including phenoxy) is 1. The van der Waals surface area contributed by atoms with Gasteiger partial charge in [-0.05, 0) is 55.4 Å². The van der Waals surface area contributed by atoms with E-state index in [9.17, 15) is 18.0 Å². The van der Waals surface area contributed by atoms with Crippen LogP contribution in [0.2, 0.25) is 0 Å². The molecule has 1 aromatic rings. The molecule has 8 heteroatoms. The standard InChI is InChI=1S/C19H26N2O5S/c1-13-9-14(2)11-21(10-13)27(24,25)17-7-5-16(6-8-17)20-18(22)12-26-19(23)15-3-4-15/h5-8,13-15H,3-4,9-12H2,1-2H3,(H,20,22)/t13-,14-/m0/s1. The lowest BCUT2D eigenvalue weighted by Gasteiger charge is -2.34. The normalized spacial score (nSPS) is 23.6. The van der Waals surface area contributed by atoms with Crippen molar-refractivity contribution in [3.05, 3.63) is 24.3 Å². The predicted octanol–water partition coefficient (Wildman–Crippen LogP) is 2.24. The molecule has 148 valence electrons. The highest BCUT2D eigenvalue weighted by atomic mass is 32.2. The molecule has 2 aliphatic rings. The van der Waals surface area contributed by atoms with Crippen molar-refractivity contribution in [2.75, 3.05) is 25.0 Å². The zero-order chi connectivity index (χ0) is 19.6. The van der Waals surface area contributed by atoms with Crippen molar-refractivity contribution in [1.29, 1.82) is 0 Å². The van der Waals surface area contributed by atoms with Crippen molar-refractivity contribution in [1.82, 2.24) is 4.31 Å². The second-order valence-corrected chi connectivity index (χ2v) is 9.66. The van der Waals surface area contributed by atoms with E-state index >= 15 is 0 Å². The highest BCUT2D eigenvalue weighted by molar-refractivity contribution is 7.89. The zero-order valence-corrected chi connectivity index (χ0v) is 16.5. The Bertz CT molecular complexity index is 792. The van der Waals surface area contributed by atoms with Gasteiger partial charge in [-0.15, -0.1) is 0 Å². The van der Waals surface area contributed by atoms with Gasteiger partial charge in [0.1, 0.15) is 0 Å². The predicted molar refractivity (Wildman–Crippen MR) is 100 cm³/mol. The number of carbonyl (C=O) groups is 2.